The number of nitrogens with one attached hydrogen (secondary N) is 1. The van der Waals surface area contributed by atoms with Crippen molar-refractivity contribution in [3.63, 3.8) is 0 Å². The summed E-state index contributed by atoms with van der Waals surface area (Å²) in [6.07, 6.45) is 0.978. The van der Waals surface area contributed by atoms with Crippen molar-refractivity contribution in [2.75, 3.05) is 12.9 Å². The molecular weight excluding hydrogens is 453 g/mol. The maximum absolute atomic E-state index is 13.5. The number of rotatable bonds is 7. The first kappa shape index (κ1) is 23.2. The summed E-state index contributed by atoms with van der Waals surface area (Å²) in [4.78, 5) is 20.5. The second-order valence-electron chi connectivity index (χ2n) is 8.90. The van der Waals surface area contributed by atoms with E-state index in [1.165, 1.54) is 0 Å². The topological polar surface area (TPSA) is 122 Å². The number of carboxylic acid groups (broad SMARTS) is 1. The van der Waals surface area contributed by atoms with Crippen LogP contribution in [0.15, 0.2) is 12.4 Å². The molecule has 6 atom stereocenters. The van der Waals surface area contributed by atoms with Crippen LogP contribution in [-0.4, -0.2) is 78.0 Å². The maximum Gasteiger partial charge on any atom is 0.408 e. The fourth-order valence-corrected chi connectivity index (χ4v) is 6.07. The third kappa shape index (κ3) is 4.55. The van der Waals surface area contributed by atoms with Crippen LogP contribution in [0, 0.1) is 11.7 Å². The fraction of sp³-hybridized carbons (Fsp3) is 0.737. The van der Waals surface area contributed by atoms with Crippen LogP contribution in [0.25, 0.3) is 0 Å². The van der Waals surface area contributed by atoms with Crippen LogP contribution in [0.4, 0.5) is 18.0 Å². The van der Waals surface area contributed by atoms with Crippen molar-refractivity contribution in [1.29, 1.82) is 0 Å². The quantitative estimate of drug-likeness (QED) is 0.612. The number of hydrogen-bond acceptors (Lipinski definition) is 6. The minimum absolute atomic E-state index is 0.194. The Morgan fingerprint density at radius 2 is 2.06 bits per heavy atom. The lowest BCUT2D eigenvalue weighted by Crippen LogP contribution is -2.51. The monoisotopic (exact) mass is 478 g/mol. The van der Waals surface area contributed by atoms with E-state index in [0.717, 1.165) is 25.1 Å². The first-order valence-corrected chi connectivity index (χ1v) is 12.3. The number of alkyl halides is 2. The van der Waals surface area contributed by atoms with Crippen molar-refractivity contribution in [3.8, 4) is 0 Å². The molecule has 4 rings (SSSR count). The predicted molar refractivity (Wildman–Crippen MR) is 105 cm³/mol. The van der Waals surface area contributed by atoms with Gasteiger partial charge in [0.25, 0.3) is 6.43 Å². The molecule has 9 nitrogen and oxygen atoms in total. The highest BCUT2D eigenvalue weighted by molar-refractivity contribution is 7.88. The van der Waals surface area contributed by atoms with Gasteiger partial charge in [-0.05, 0) is 38.0 Å². The van der Waals surface area contributed by atoms with Crippen LogP contribution in [0.5, 0.6) is 0 Å². The number of fused-ring (bicyclic) bond motifs is 1. The number of amides is 1. The second-order valence-corrected chi connectivity index (χ2v) is 10.7. The minimum Gasteiger partial charge on any atom is -0.465 e. The average molecular weight is 478 g/mol. The Bertz CT molecular complexity index is 966. The Kier molecular flexibility index (Phi) is 6.09. The number of carbonyl (C=O) groups is 1. The van der Waals surface area contributed by atoms with Crippen LogP contribution in [-0.2, 0) is 20.2 Å². The maximum atomic E-state index is 13.5. The van der Waals surface area contributed by atoms with Gasteiger partial charge < -0.3 is 9.84 Å². The largest absolute Gasteiger partial charge is 0.465 e. The molecule has 2 aliphatic carbocycles. The standard InChI is InChI=1S/C19H25F3N4O5S/c1-32(29,30)25-13-5-14(16(21)22)26(18(27)28)15(13)9-31-12-2-3-19(6-10(19)4-12)17-23-7-11(20)8-24-17/h7-8,10,12-16,25H,2-6,9H2,1H3,(H,27,28)/t10-,12+,13+,14+,15+,19-/m1/s1. The van der Waals surface area contributed by atoms with Crippen molar-refractivity contribution < 1.29 is 36.2 Å². The molecular formula is C19H25F3N4O5S. The normalized spacial score (nSPS) is 34.5. The average Bonchev–Trinajstić information content (AvgIpc) is 3.32. The van der Waals surface area contributed by atoms with Gasteiger partial charge in [-0.1, -0.05) is 0 Å². The zero-order chi connectivity index (χ0) is 23.3. The van der Waals surface area contributed by atoms with Crippen LogP contribution >= 0.6 is 0 Å². The number of nitrogens with zero attached hydrogens (tertiary/aromatic N) is 3. The number of likely N-dealkylation sites (tertiary alicyclic amines) is 1. The van der Waals surface area contributed by atoms with Crippen LogP contribution in [0.3, 0.4) is 0 Å². The van der Waals surface area contributed by atoms with E-state index < -0.39 is 46.5 Å². The number of ether oxygens (including phenoxy) is 1. The van der Waals surface area contributed by atoms with Gasteiger partial charge in [0.2, 0.25) is 10.0 Å². The summed E-state index contributed by atoms with van der Waals surface area (Å²) in [6.45, 7) is -0.194. The van der Waals surface area contributed by atoms with E-state index in [0.29, 0.717) is 30.0 Å². The Morgan fingerprint density at radius 3 is 2.62 bits per heavy atom. The van der Waals surface area contributed by atoms with Crippen LogP contribution in [0.1, 0.15) is 37.9 Å². The highest BCUT2D eigenvalue weighted by Crippen LogP contribution is 2.61. The third-order valence-electron chi connectivity index (χ3n) is 6.81. The fourth-order valence-electron chi connectivity index (χ4n) is 5.27. The molecule has 1 aromatic heterocycles. The van der Waals surface area contributed by atoms with E-state index in [2.05, 4.69) is 14.7 Å². The molecule has 32 heavy (non-hydrogen) atoms. The number of halogens is 3. The van der Waals surface area contributed by atoms with Gasteiger partial charge in [0.15, 0.2) is 5.82 Å². The number of aromatic nitrogens is 2. The molecule has 1 aromatic rings. The summed E-state index contributed by atoms with van der Waals surface area (Å²) in [5.74, 6) is 0.343. The SMILES string of the molecule is CS(=O)(=O)N[C@H]1C[C@@H](C(F)F)N(C(=O)O)[C@H]1CO[C@H]1CC[C@@]2(c3ncc(F)cn3)C[C@H]2C1. The highest BCUT2D eigenvalue weighted by atomic mass is 32.2. The number of hydrogen-bond donors (Lipinski definition) is 2. The first-order valence-electron chi connectivity index (χ1n) is 10.4. The smallest absolute Gasteiger partial charge is 0.408 e. The molecule has 1 saturated heterocycles. The van der Waals surface area contributed by atoms with Crippen molar-refractivity contribution in [2.45, 2.75) is 68.2 Å². The number of sulfonamides is 1. The third-order valence-corrected chi connectivity index (χ3v) is 7.54. The molecule has 2 N–H and O–H groups in total. The molecule has 2 saturated carbocycles. The molecule has 0 bridgehead atoms. The van der Waals surface area contributed by atoms with E-state index >= 15 is 0 Å². The molecule has 0 radical (unpaired) electrons. The van der Waals surface area contributed by atoms with E-state index in [-0.39, 0.29) is 30.5 Å². The first-order chi connectivity index (χ1) is 15.0. The van der Waals surface area contributed by atoms with Gasteiger partial charge in [0, 0.05) is 11.5 Å². The zero-order valence-corrected chi connectivity index (χ0v) is 18.1. The summed E-state index contributed by atoms with van der Waals surface area (Å²) in [7, 11) is -3.74. The van der Waals surface area contributed by atoms with Gasteiger partial charge in [-0.2, -0.15) is 0 Å². The highest BCUT2D eigenvalue weighted by Gasteiger charge is 2.60. The van der Waals surface area contributed by atoms with Crippen LogP contribution < -0.4 is 4.72 Å². The van der Waals surface area contributed by atoms with E-state index in [9.17, 15) is 31.5 Å². The molecule has 13 heteroatoms. The predicted octanol–water partition coefficient (Wildman–Crippen LogP) is 1.75. The zero-order valence-electron chi connectivity index (χ0n) is 17.3. The molecule has 178 valence electrons. The van der Waals surface area contributed by atoms with E-state index in [1.54, 1.807) is 0 Å². The van der Waals surface area contributed by atoms with Gasteiger partial charge >= 0.3 is 6.09 Å². The van der Waals surface area contributed by atoms with Crippen molar-refractivity contribution in [1.82, 2.24) is 19.6 Å². The summed E-state index contributed by atoms with van der Waals surface area (Å²) in [6, 6.07) is -3.68. The molecule has 2 heterocycles. The van der Waals surface area contributed by atoms with Crippen molar-refractivity contribution in [2.24, 2.45) is 5.92 Å². The van der Waals surface area contributed by atoms with Crippen molar-refractivity contribution >= 4 is 16.1 Å². The van der Waals surface area contributed by atoms with Gasteiger partial charge in [-0.25, -0.2) is 41.1 Å². The Hall–Kier alpha value is -1.99. The Labute approximate surface area is 183 Å². The Morgan fingerprint density at radius 1 is 1.38 bits per heavy atom. The van der Waals surface area contributed by atoms with Crippen molar-refractivity contribution in [3.05, 3.63) is 24.0 Å². The lowest BCUT2D eigenvalue weighted by molar-refractivity contribution is -0.0216. The molecule has 0 unspecified atom stereocenters. The summed E-state index contributed by atoms with van der Waals surface area (Å²) in [5.41, 5.74) is -0.199. The molecule has 3 aliphatic rings. The molecule has 3 fully saturated rings. The molecule has 0 aromatic carbocycles. The lowest BCUT2D eigenvalue weighted by atomic mass is 9.86. The molecule has 1 amide bonds. The minimum atomic E-state index is -3.74. The summed E-state index contributed by atoms with van der Waals surface area (Å²) >= 11 is 0. The molecule has 0 spiro atoms. The Balaban J connectivity index is 1.41. The van der Waals surface area contributed by atoms with Gasteiger partial charge in [-0.3, -0.25) is 4.90 Å². The van der Waals surface area contributed by atoms with E-state index in [4.69, 9.17) is 4.74 Å². The van der Waals surface area contributed by atoms with Gasteiger partial charge in [0.1, 0.15) is 5.82 Å². The second kappa shape index (κ2) is 8.41. The van der Waals surface area contributed by atoms with Gasteiger partial charge in [-0.15, -0.1) is 0 Å². The summed E-state index contributed by atoms with van der Waals surface area (Å²) < 4.78 is 71.6. The molecule has 1 aliphatic heterocycles. The van der Waals surface area contributed by atoms with Crippen LogP contribution in [0.2, 0.25) is 0 Å². The van der Waals surface area contributed by atoms with E-state index in [1.807, 2.05) is 0 Å². The summed E-state index contributed by atoms with van der Waals surface area (Å²) in [5, 5.41) is 9.50. The van der Waals surface area contributed by atoms with Gasteiger partial charge in [0.05, 0.1) is 43.4 Å². The lowest BCUT2D eigenvalue weighted by Gasteiger charge is -2.32.